The maximum absolute atomic E-state index is 12.3. The highest BCUT2D eigenvalue weighted by Crippen LogP contribution is 2.29. The van der Waals surface area contributed by atoms with Crippen molar-refractivity contribution in [1.29, 1.82) is 0 Å². The number of halogens is 3. The Morgan fingerprint density at radius 1 is 1.21 bits per heavy atom. The van der Waals surface area contributed by atoms with Crippen LogP contribution in [0.1, 0.15) is 39.3 Å². The number of amides is 1. The van der Waals surface area contributed by atoms with Crippen LogP contribution in [-0.4, -0.2) is 46.2 Å². The first kappa shape index (κ1) is 24.4. The predicted octanol–water partition coefficient (Wildman–Crippen LogP) is 3.01. The van der Waals surface area contributed by atoms with E-state index < -0.39 is 12.1 Å². The Morgan fingerprint density at radius 3 is 2.61 bits per heavy atom. The molecule has 2 aromatic heterocycles. The van der Waals surface area contributed by atoms with Gasteiger partial charge in [-0.25, -0.2) is 9.78 Å². The summed E-state index contributed by atoms with van der Waals surface area (Å²) in [5.41, 5.74) is 0.522. The van der Waals surface area contributed by atoms with Crippen LogP contribution in [0.3, 0.4) is 0 Å². The summed E-state index contributed by atoms with van der Waals surface area (Å²) < 4.78 is 31.7. The van der Waals surface area contributed by atoms with E-state index in [0.29, 0.717) is 40.6 Å². The fraction of sp³-hybridized carbons (Fsp3) is 0.333. The van der Waals surface area contributed by atoms with Gasteiger partial charge in [0.15, 0.2) is 0 Å². The minimum Gasteiger partial charge on any atom is -0.475 e. The lowest BCUT2D eigenvalue weighted by Crippen LogP contribution is -2.26. The Hall–Kier alpha value is -3.25. The number of aromatic amines is 1. The van der Waals surface area contributed by atoms with E-state index in [1.165, 1.54) is 11.3 Å². The molecule has 8 nitrogen and oxygen atoms in total. The summed E-state index contributed by atoms with van der Waals surface area (Å²) in [4.78, 5) is 42.4. The number of carbonyl (C=O) groups is 2. The second-order valence-corrected chi connectivity index (χ2v) is 8.30. The van der Waals surface area contributed by atoms with Gasteiger partial charge in [0.1, 0.15) is 5.82 Å². The normalized spacial score (nSPS) is 15.7. The monoisotopic (exact) mass is 482 g/mol. The quantitative estimate of drug-likeness (QED) is 0.443. The van der Waals surface area contributed by atoms with Crippen molar-refractivity contribution >= 4 is 34.1 Å². The zero-order valence-corrected chi connectivity index (χ0v) is 18.1. The number of carboxylic acids is 1. The van der Waals surface area contributed by atoms with Gasteiger partial charge in [0.05, 0.1) is 15.8 Å². The Balaban J connectivity index is 0.000000383. The van der Waals surface area contributed by atoms with E-state index >= 15 is 0 Å². The smallest absolute Gasteiger partial charge is 0.475 e. The number of H-pyrrole nitrogens is 1. The van der Waals surface area contributed by atoms with Crippen LogP contribution >= 0.6 is 11.3 Å². The fourth-order valence-corrected chi connectivity index (χ4v) is 4.26. The number of fused-ring (bicyclic) bond motifs is 1. The van der Waals surface area contributed by atoms with E-state index in [-0.39, 0.29) is 11.5 Å². The van der Waals surface area contributed by atoms with Gasteiger partial charge in [-0.05, 0) is 43.7 Å². The molecule has 0 aliphatic carbocycles. The van der Waals surface area contributed by atoms with Crippen molar-refractivity contribution in [3.8, 4) is 0 Å². The third-order valence-electron chi connectivity index (χ3n) is 4.81. The lowest BCUT2D eigenvalue weighted by molar-refractivity contribution is -0.192. The molecule has 4 rings (SSSR count). The lowest BCUT2D eigenvalue weighted by Gasteiger charge is -2.06. The van der Waals surface area contributed by atoms with Gasteiger partial charge in [-0.1, -0.05) is 12.1 Å². The van der Waals surface area contributed by atoms with Crippen LogP contribution < -0.4 is 16.2 Å². The molecule has 176 valence electrons. The molecule has 33 heavy (non-hydrogen) atoms. The first-order chi connectivity index (χ1) is 15.6. The zero-order valence-electron chi connectivity index (χ0n) is 17.2. The van der Waals surface area contributed by atoms with Crippen LogP contribution in [0.2, 0.25) is 0 Å². The SMILES string of the molecule is O=C(NCCc1nc2ccccc2c(=O)[nH]1)c1ccc(C2CCCN2)s1.O=C(O)C(F)(F)F. The van der Waals surface area contributed by atoms with Crippen molar-refractivity contribution in [3.63, 3.8) is 0 Å². The number of nitrogens with one attached hydrogen (secondary N) is 3. The topological polar surface area (TPSA) is 124 Å². The molecule has 1 aliphatic heterocycles. The van der Waals surface area contributed by atoms with Gasteiger partial charge in [0.25, 0.3) is 11.5 Å². The number of rotatable bonds is 5. The number of hydrogen-bond acceptors (Lipinski definition) is 6. The van der Waals surface area contributed by atoms with Crippen LogP contribution in [-0.2, 0) is 11.2 Å². The van der Waals surface area contributed by atoms with Gasteiger partial charge >= 0.3 is 12.1 Å². The average molecular weight is 482 g/mol. The summed E-state index contributed by atoms with van der Waals surface area (Å²) in [6.07, 6.45) is -2.29. The lowest BCUT2D eigenvalue weighted by atomic mass is 10.2. The summed E-state index contributed by atoms with van der Waals surface area (Å²) in [6, 6.07) is 11.5. The number of para-hydroxylation sites is 1. The van der Waals surface area contributed by atoms with Gasteiger partial charge in [0, 0.05) is 23.9 Å². The van der Waals surface area contributed by atoms with E-state index in [2.05, 4.69) is 20.6 Å². The number of thiophene rings is 1. The van der Waals surface area contributed by atoms with E-state index in [0.717, 1.165) is 13.0 Å². The molecule has 4 N–H and O–H groups in total. The molecule has 1 amide bonds. The second kappa shape index (κ2) is 10.6. The molecule has 1 saturated heterocycles. The molecule has 1 aliphatic rings. The highest BCUT2D eigenvalue weighted by Gasteiger charge is 2.38. The first-order valence-electron chi connectivity index (χ1n) is 10.0. The Bertz CT molecular complexity index is 1190. The van der Waals surface area contributed by atoms with Crippen LogP contribution in [0.25, 0.3) is 10.9 Å². The van der Waals surface area contributed by atoms with Crippen molar-refractivity contribution in [2.45, 2.75) is 31.5 Å². The van der Waals surface area contributed by atoms with Crippen molar-refractivity contribution < 1.29 is 27.9 Å². The summed E-state index contributed by atoms with van der Waals surface area (Å²) >= 11 is 1.54. The van der Waals surface area contributed by atoms with Crippen LogP contribution in [0, 0.1) is 0 Å². The van der Waals surface area contributed by atoms with Crippen LogP contribution in [0.5, 0.6) is 0 Å². The minimum atomic E-state index is -5.08. The largest absolute Gasteiger partial charge is 0.490 e. The molecule has 3 heterocycles. The van der Waals surface area contributed by atoms with Gasteiger partial charge < -0.3 is 20.7 Å². The van der Waals surface area contributed by atoms with Gasteiger partial charge in [-0.15, -0.1) is 11.3 Å². The number of hydrogen-bond donors (Lipinski definition) is 4. The number of nitrogens with zero attached hydrogens (tertiary/aromatic N) is 1. The Morgan fingerprint density at radius 2 is 1.94 bits per heavy atom. The van der Waals surface area contributed by atoms with Gasteiger partial charge in [0.2, 0.25) is 0 Å². The molecule has 3 aromatic rings. The molecule has 12 heteroatoms. The molecule has 0 radical (unpaired) electrons. The van der Waals surface area contributed by atoms with Crippen molar-refractivity contribution in [1.82, 2.24) is 20.6 Å². The standard InChI is InChI=1S/C19H20N4O2S.C2HF3O2/c24-18-12-4-1-2-5-13(12)22-17(23-18)9-11-21-19(25)16-8-7-15(26-16)14-6-3-10-20-14;3-2(4,5)1(6)7/h1-2,4-5,7-8,14,20H,3,6,9-11H2,(H,21,25)(H,22,23,24);(H,6,7). The van der Waals surface area contributed by atoms with Crippen molar-refractivity contribution in [2.24, 2.45) is 0 Å². The summed E-state index contributed by atoms with van der Waals surface area (Å²) in [5.74, 6) is -2.26. The molecular weight excluding hydrogens is 461 g/mol. The van der Waals surface area contributed by atoms with E-state index in [1.54, 1.807) is 17.4 Å². The fourth-order valence-electron chi connectivity index (χ4n) is 3.22. The van der Waals surface area contributed by atoms with Gasteiger partial charge in [-0.2, -0.15) is 13.2 Å². The molecule has 1 atom stereocenters. The third kappa shape index (κ3) is 6.62. The maximum atomic E-state index is 12.3. The number of carboxylic acid groups (broad SMARTS) is 1. The number of aromatic nitrogens is 2. The Labute approximate surface area is 189 Å². The number of benzene rings is 1. The van der Waals surface area contributed by atoms with Gasteiger partial charge in [-0.3, -0.25) is 9.59 Å². The van der Waals surface area contributed by atoms with E-state index in [1.807, 2.05) is 30.3 Å². The highest BCUT2D eigenvalue weighted by molar-refractivity contribution is 7.14. The molecule has 0 spiro atoms. The molecular formula is C21H21F3N4O4S. The van der Waals surface area contributed by atoms with Crippen molar-refractivity contribution in [3.05, 3.63) is 62.3 Å². The van der Waals surface area contributed by atoms with Crippen molar-refractivity contribution in [2.75, 3.05) is 13.1 Å². The number of carbonyl (C=O) groups excluding carboxylic acids is 1. The molecule has 1 aromatic carbocycles. The predicted molar refractivity (Wildman–Crippen MR) is 116 cm³/mol. The average Bonchev–Trinajstić information content (AvgIpc) is 3.45. The van der Waals surface area contributed by atoms with Crippen LogP contribution in [0.4, 0.5) is 13.2 Å². The molecule has 0 bridgehead atoms. The first-order valence-corrected chi connectivity index (χ1v) is 10.9. The molecule has 1 unspecified atom stereocenters. The number of aliphatic carboxylic acids is 1. The summed E-state index contributed by atoms with van der Waals surface area (Å²) in [7, 11) is 0. The van der Waals surface area contributed by atoms with Crippen LogP contribution in [0.15, 0.2) is 41.2 Å². The summed E-state index contributed by atoms with van der Waals surface area (Å²) in [6.45, 7) is 1.47. The highest BCUT2D eigenvalue weighted by atomic mass is 32.1. The maximum Gasteiger partial charge on any atom is 0.490 e. The molecule has 1 fully saturated rings. The van der Waals surface area contributed by atoms with E-state index in [9.17, 15) is 22.8 Å². The van der Waals surface area contributed by atoms with E-state index in [4.69, 9.17) is 9.90 Å². The zero-order chi connectivity index (χ0) is 24.0. The number of alkyl halides is 3. The molecule has 0 saturated carbocycles. The minimum absolute atomic E-state index is 0.0811. The third-order valence-corrected chi connectivity index (χ3v) is 6.00. The Kier molecular flexibility index (Phi) is 7.82. The summed E-state index contributed by atoms with van der Waals surface area (Å²) in [5, 5.41) is 14.1. The second-order valence-electron chi connectivity index (χ2n) is 7.19.